The van der Waals surface area contributed by atoms with E-state index in [-0.39, 0.29) is 0 Å². The highest BCUT2D eigenvalue weighted by Crippen LogP contribution is 2.20. The Morgan fingerprint density at radius 3 is 2.80 bits per heavy atom. The number of carbonyl (C=O) groups excluding carboxylic acids is 1. The first kappa shape index (κ1) is 10.0. The van der Waals surface area contributed by atoms with Crippen LogP contribution < -0.4 is 0 Å². The van der Waals surface area contributed by atoms with Crippen LogP contribution in [0.2, 0.25) is 0 Å². The van der Waals surface area contributed by atoms with Crippen molar-refractivity contribution in [2.24, 2.45) is 0 Å². The minimum absolute atomic E-state index is 0.453. The number of imidazole rings is 1. The van der Waals surface area contributed by atoms with E-state index in [9.17, 15) is 4.79 Å². The number of aldehydes is 1. The van der Waals surface area contributed by atoms with Gasteiger partial charge in [-0.05, 0) is 34.5 Å². The molecule has 76 valence electrons. The van der Waals surface area contributed by atoms with Crippen LogP contribution in [0, 0.1) is 6.92 Å². The van der Waals surface area contributed by atoms with E-state index in [1.807, 2.05) is 13.0 Å². The first-order valence-corrected chi connectivity index (χ1v) is 5.12. The fourth-order valence-electron chi connectivity index (χ4n) is 1.30. The van der Waals surface area contributed by atoms with Crippen molar-refractivity contribution >= 4 is 22.2 Å². The number of rotatable bonds is 2. The molecule has 0 radical (unpaired) electrons. The summed E-state index contributed by atoms with van der Waals surface area (Å²) in [5.41, 5.74) is 2.21. The molecule has 0 aliphatic heterocycles. The number of nitrogens with zero attached hydrogens (tertiary/aromatic N) is 2. The zero-order valence-corrected chi connectivity index (χ0v) is 9.58. The minimum Gasteiger partial charge on any atom is -0.334 e. The van der Waals surface area contributed by atoms with Crippen molar-refractivity contribution in [1.29, 1.82) is 0 Å². The van der Waals surface area contributed by atoms with Crippen LogP contribution in [0.4, 0.5) is 0 Å². The van der Waals surface area contributed by atoms with Gasteiger partial charge in [0.25, 0.3) is 0 Å². The van der Waals surface area contributed by atoms with Gasteiger partial charge >= 0.3 is 0 Å². The topological polar surface area (TPSA) is 58.6 Å². The number of carbonyl (C=O) groups is 1. The Bertz CT molecular complexity index is 507. The van der Waals surface area contributed by atoms with Gasteiger partial charge in [-0.2, -0.15) is 0 Å². The van der Waals surface area contributed by atoms with E-state index in [2.05, 4.69) is 30.9 Å². The van der Waals surface area contributed by atoms with Gasteiger partial charge in [-0.3, -0.25) is 9.78 Å². The molecule has 0 atom stereocenters. The fraction of sp³-hybridized carbons (Fsp3) is 0.100. The van der Waals surface area contributed by atoms with Crippen LogP contribution in [0.3, 0.4) is 0 Å². The van der Waals surface area contributed by atoms with Crippen LogP contribution in [0.15, 0.2) is 22.9 Å². The van der Waals surface area contributed by atoms with Crippen molar-refractivity contribution in [3.63, 3.8) is 0 Å². The van der Waals surface area contributed by atoms with Crippen LogP contribution in [-0.2, 0) is 0 Å². The maximum absolute atomic E-state index is 10.5. The van der Waals surface area contributed by atoms with E-state index in [0.29, 0.717) is 11.5 Å². The fourth-order valence-corrected chi connectivity index (χ4v) is 1.75. The highest BCUT2D eigenvalue weighted by Gasteiger charge is 2.07. The van der Waals surface area contributed by atoms with Gasteiger partial charge in [-0.25, -0.2) is 4.98 Å². The lowest BCUT2D eigenvalue weighted by Crippen LogP contribution is -1.90. The van der Waals surface area contributed by atoms with Gasteiger partial charge in [0, 0.05) is 10.7 Å². The van der Waals surface area contributed by atoms with E-state index in [1.54, 1.807) is 6.20 Å². The second kappa shape index (κ2) is 3.94. The van der Waals surface area contributed by atoms with Crippen molar-refractivity contribution < 1.29 is 4.79 Å². The van der Waals surface area contributed by atoms with Gasteiger partial charge in [0.1, 0.15) is 5.69 Å². The molecule has 2 aromatic rings. The van der Waals surface area contributed by atoms with E-state index in [1.165, 1.54) is 6.20 Å². The molecule has 15 heavy (non-hydrogen) atoms. The van der Waals surface area contributed by atoms with Crippen LogP contribution in [0.1, 0.15) is 16.1 Å². The first-order valence-electron chi connectivity index (χ1n) is 4.33. The molecule has 0 bridgehead atoms. The van der Waals surface area contributed by atoms with E-state index >= 15 is 0 Å². The Morgan fingerprint density at radius 2 is 2.20 bits per heavy atom. The van der Waals surface area contributed by atoms with Gasteiger partial charge in [0.05, 0.1) is 11.9 Å². The summed E-state index contributed by atoms with van der Waals surface area (Å²) in [6.45, 7) is 1.94. The molecule has 0 unspecified atom stereocenters. The van der Waals surface area contributed by atoms with Crippen molar-refractivity contribution in [1.82, 2.24) is 15.0 Å². The van der Waals surface area contributed by atoms with Crippen molar-refractivity contribution in [3.05, 3.63) is 34.2 Å². The number of hydrogen-bond acceptors (Lipinski definition) is 3. The maximum Gasteiger partial charge on any atom is 0.167 e. The molecular formula is C10H8BrN3O. The van der Waals surface area contributed by atoms with E-state index in [4.69, 9.17) is 0 Å². The third-order valence-electron chi connectivity index (χ3n) is 1.99. The smallest absolute Gasteiger partial charge is 0.167 e. The highest BCUT2D eigenvalue weighted by molar-refractivity contribution is 9.10. The number of hydrogen-bond donors (Lipinski definition) is 1. The number of halogens is 1. The number of aromatic nitrogens is 3. The van der Waals surface area contributed by atoms with Gasteiger partial charge in [0.2, 0.25) is 0 Å². The monoisotopic (exact) mass is 265 g/mol. The molecule has 2 rings (SSSR count). The normalized spacial score (nSPS) is 10.3. The zero-order valence-electron chi connectivity index (χ0n) is 7.99. The molecule has 5 heteroatoms. The molecule has 0 saturated carbocycles. The van der Waals surface area contributed by atoms with Gasteiger partial charge in [-0.15, -0.1) is 0 Å². The summed E-state index contributed by atoms with van der Waals surface area (Å²) >= 11 is 3.34. The summed E-state index contributed by atoms with van der Waals surface area (Å²) in [6.07, 6.45) is 3.92. The Kier molecular flexibility index (Phi) is 2.64. The highest BCUT2D eigenvalue weighted by atomic mass is 79.9. The van der Waals surface area contributed by atoms with Crippen molar-refractivity contribution in [3.8, 4) is 11.5 Å². The van der Waals surface area contributed by atoms with Crippen LogP contribution >= 0.6 is 15.9 Å². The second-order valence-corrected chi connectivity index (χ2v) is 4.04. The van der Waals surface area contributed by atoms with Crippen LogP contribution in [0.5, 0.6) is 0 Å². The lowest BCUT2D eigenvalue weighted by Gasteiger charge is -2.01. The number of aryl methyl sites for hydroxylation is 1. The summed E-state index contributed by atoms with van der Waals surface area (Å²) in [5.74, 6) is 0.613. The number of pyridine rings is 1. The third kappa shape index (κ3) is 1.97. The number of H-pyrrole nitrogens is 1. The minimum atomic E-state index is 0.453. The number of nitrogens with one attached hydrogen (secondary N) is 1. The quantitative estimate of drug-likeness (QED) is 0.849. The Morgan fingerprint density at radius 1 is 1.40 bits per heavy atom. The molecule has 0 aromatic carbocycles. The molecule has 2 aromatic heterocycles. The Balaban J connectivity index is 2.49. The maximum atomic E-state index is 10.5. The molecular weight excluding hydrogens is 258 g/mol. The van der Waals surface area contributed by atoms with Crippen molar-refractivity contribution in [2.75, 3.05) is 0 Å². The number of aromatic amines is 1. The second-order valence-electron chi connectivity index (χ2n) is 3.12. The molecule has 0 amide bonds. The van der Waals surface area contributed by atoms with Gasteiger partial charge < -0.3 is 4.98 Å². The molecule has 0 fully saturated rings. The van der Waals surface area contributed by atoms with E-state index in [0.717, 1.165) is 22.0 Å². The predicted molar refractivity (Wildman–Crippen MR) is 59.6 cm³/mol. The van der Waals surface area contributed by atoms with Gasteiger partial charge in [-0.1, -0.05) is 0 Å². The molecule has 0 aliphatic carbocycles. The summed E-state index contributed by atoms with van der Waals surface area (Å²) < 4.78 is 0.922. The van der Waals surface area contributed by atoms with E-state index < -0.39 is 0 Å². The average Bonchev–Trinajstić information content (AvgIpc) is 2.66. The average molecular weight is 266 g/mol. The molecule has 4 nitrogen and oxygen atoms in total. The van der Waals surface area contributed by atoms with Crippen LogP contribution in [-0.4, -0.2) is 21.2 Å². The summed E-state index contributed by atoms with van der Waals surface area (Å²) in [4.78, 5) is 21.7. The molecule has 0 spiro atoms. The Hall–Kier alpha value is -1.49. The zero-order chi connectivity index (χ0) is 10.8. The molecule has 0 aliphatic rings. The van der Waals surface area contributed by atoms with Crippen molar-refractivity contribution in [2.45, 2.75) is 6.92 Å². The predicted octanol–water partition coefficient (Wildman–Crippen LogP) is 2.36. The largest absolute Gasteiger partial charge is 0.334 e. The summed E-state index contributed by atoms with van der Waals surface area (Å²) in [5, 5.41) is 0. The third-order valence-corrected chi connectivity index (χ3v) is 2.43. The molecule has 2 heterocycles. The summed E-state index contributed by atoms with van der Waals surface area (Å²) in [6, 6.07) is 1.95. The molecule has 0 saturated heterocycles. The SMILES string of the molecule is Cc1cc(Br)cnc1-c1ncc(C=O)[nH]1. The van der Waals surface area contributed by atoms with Gasteiger partial charge in [0.15, 0.2) is 12.1 Å². The molecule has 1 N–H and O–H groups in total. The standard InChI is InChI=1S/C10H8BrN3O/c1-6-2-7(11)3-12-9(6)10-13-4-8(5-15)14-10/h2-5H,1H3,(H,13,14). The lowest BCUT2D eigenvalue weighted by molar-refractivity contribution is 0.111. The first-order chi connectivity index (χ1) is 7.20. The lowest BCUT2D eigenvalue weighted by atomic mass is 10.2. The summed E-state index contributed by atoms with van der Waals surface area (Å²) in [7, 11) is 0. The Labute approximate surface area is 94.9 Å². The van der Waals surface area contributed by atoms with Crippen LogP contribution in [0.25, 0.3) is 11.5 Å².